The van der Waals surface area contributed by atoms with Gasteiger partial charge in [-0.25, -0.2) is 8.42 Å². The molecule has 31 heavy (non-hydrogen) atoms. The smallest absolute Gasteiger partial charge is 0.307 e. The maximum atomic E-state index is 12.4. The van der Waals surface area contributed by atoms with Crippen LogP contribution < -0.4 is 0 Å². The highest BCUT2D eigenvalue weighted by atomic mass is 32.2. The third-order valence-electron chi connectivity index (χ3n) is 4.92. The van der Waals surface area contributed by atoms with Crippen molar-refractivity contribution >= 4 is 16.0 Å². The summed E-state index contributed by atoms with van der Waals surface area (Å²) in [5.41, 5.74) is 3.82. The molecule has 2 N–H and O–H groups in total. The monoisotopic (exact) mass is 439 g/mol. The second-order valence-electron chi connectivity index (χ2n) is 7.55. The molecule has 0 unspecified atom stereocenters. The van der Waals surface area contributed by atoms with Crippen molar-refractivity contribution in [2.24, 2.45) is 0 Å². The highest BCUT2D eigenvalue weighted by Crippen LogP contribution is 2.24. The molecule has 0 saturated heterocycles. The quantitative estimate of drug-likeness (QED) is 0.532. The van der Waals surface area contributed by atoms with Crippen molar-refractivity contribution < 1.29 is 23.4 Å². The number of benzene rings is 3. The van der Waals surface area contributed by atoms with Gasteiger partial charge in [0.15, 0.2) is 0 Å². The van der Waals surface area contributed by atoms with Crippen molar-refractivity contribution in [2.45, 2.75) is 25.9 Å². The van der Waals surface area contributed by atoms with Gasteiger partial charge in [-0.15, -0.1) is 0 Å². The van der Waals surface area contributed by atoms with Gasteiger partial charge in [-0.2, -0.15) is 4.31 Å². The topological polar surface area (TPSA) is 94.9 Å². The molecule has 0 spiro atoms. The lowest BCUT2D eigenvalue weighted by molar-refractivity contribution is -0.136. The molecular weight excluding hydrogens is 414 g/mol. The van der Waals surface area contributed by atoms with Crippen LogP contribution in [0, 0.1) is 0 Å². The summed E-state index contributed by atoms with van der Waals surface area (Å²) in [7, 11) is -3.53. The normalized spacial score (nSPS) is 11.5. The van der Waals surface area contributed by atoms with Crippen LogP contribution in [-0.2, 0) is 40.7 Å². The second kappa shape index (κ2) is 9.76. The average Bonchev–Trinajstić information content (AvgIpc) is 2.69. The number of aliphatic carboxylic acids is 1. The Kier molecular flexibility index (Phi) is 7.09. The minimum absolute atomic E-state index is 0.0984. The Bertz CT molecular complexity index is 1160. The van der Waals surface area contributed by atoms with E-state index in [4.69, 9.17) is 5.11 Å². The van der Waals surface area contributed by atoms with Gasteiger partial charge in [0.05, 0.1) is 12.7 Å². The molecule has 0 radical (unpaired) electrons. The van der Waals surface area contributed by atoms with Gasteiger partial charge >= 0.3 is 5.97 Å². The van der Waals surface area contributed by atoms with Gasteiger partial charge in [-0.1, -0.05) is 66.7 Å². The van der Waals surface area contributed by atoms with E-state index in [1.165, 1.54) is 4.31 Å². The molecule has 3 rings (SSSR count). The van der Waals surface area contributed by atoms with Crippen LogP contribution in [0.4, 0.5) is 0 Å². The van der Waals surface area contributed by atoms with E-state index in [0.717, 1.165) is 17.4 Å². The van der Waals surface area contributed by atoms with Crippen molar-refractivity contribution in [3.8, 4) is 5.75 Å². The number of carbonyl (C=O) groups is 1. The zero-order valence-electron chi connectivity index (χ0n) is 17.2. The summed E-state index contributed by atoms with van der Waals surface area (Å²) in [5.74, 6) is -0.818. The lowest BCUT2D eigenvalue weighted by atomic mass is 10.0. The predicted octanol–water partition coefficient (Wildman–Crippen LogP) is 3.57. The maximum absolute atomic E-state index is 12.4. The Labute approximate surface area is 182 Å². The highest BCUT2D eigenvalue weighted by Gasteiger charge is 2.19. The van der Waals surface area contributed by atoms with E-state index >= 15 is 0 Å². The first-order valence-corrected chi connectivity index (χ1v) is 11.6. The second-order valence-corrected chi connectivity index (χ2v) is 9.53. The maximum Gasteiger partial charge on any atom is 0.307 e. The number of hydrogen-bond donors (Lipinski definition) is 2. The molecule has 0 aliphatic heterocycles. The van der Waals surface area contributed by atoms with Crippen LogP contribution in [0.15, 0.2) is 72.8 Å². The summed E-state index contributed by atoms with van der Waals surface area (Å²) < 4.78 is 26.0. The predicted molar refractivity (Wildman–Crippen MR) is 119 cm³/mol. The highest BCUT2D eigenvalue weighted by molar-refractivity contribution is 7.88. The molecule has 3 aromatic carbocycles. The van der Waals surface area contributed by atoms with Crippen molar-refractivity contribution in [2.75, 3.05) is 6.26 Å². The first-order valence-electron chi connectivity index (χ1n) is 9.80. The molecule has 7 heteroatoms. The van der Waals surface area contributed by atoms with Crippen LogP contribution in [0.25, 0.3) is 0 Å². The van der Waals surface area contributed by atoms with Gasteiger partial charge in [-0.05, 0) is 33.9 Å². The van der Waals surface area contributed by atoms with Crippen molar-refractivity contribution in [1.82, 2.24) is 4.31 Å². The number of sulfonamides is 1. The van der Waals surface area contributed by atoms with Crippen molar-refractivity contribution in [1.29, 1.82) is 0 Å². The van der Waals surface area contributed by atoms with Gasteiger partial charge in [0.25, 0.3) is 0 Å². The van der Waals surface area contributed by atoms with Crippen LogP contribution in [0.3, 0.4) is 0 Å². The van der Waals surface area contributed by atoms with Gasteiger partial charge < -0.3 is 10.2 Å². The summed E-state index contributed by atoms with van der Waals surface area (Å²) in [6, 6.07) is 21.9. The minimum atomic E-state index is -3.53. The van der Waals surface area contributed by atoms with E-state index in [1.807, 2.05) is 42.5 Å². The number of aromatic hydroxyl groups is 1. The number of hydrogen-bond acceptors (Lipinski definition) is 4. The SMILES string of the molecule is CS(=O)(=O)N(Cc1cccc(CC(=O)O)c1)Cc1ccc(Cc2ccccc2)c(O)c1. The molecule has 0 bridgehead atoms. The van der Waals surface area contributed by atoms with Gasteiger partial charge in [0, 0.05) is 19.5 Å². The molecule has 0 heterocycles. The van der Waals surface area contributed by atoms with Gasteiger partial charge in [-0.3, -0.25) is 4.79 Å². The molecule has 3 aromatic rings. The number of nitrogens with zero attached hydrogens (tertiary/aromatic N) is 1. The molecule has 0 amide bonds. The third kappa shape index (κ3) is 6.67. The Hall–Kier alpha value is -3.16. The fraction of sp³-hybridized carbons (Fsp3) is 0.208. The van der Waals surface area contributed by atoms with Crippen LogP contribution in [0.2, 0.25) is 0 Å². The Morgan fingerprint density at radius 3 is 2.06 bits per heavy atom. The van der Waals surface area contributed by atoms with Gasteiger partial charge in [0.1, 0.15) is 5.75 Å². The summed E-state index contributed by atoms with van der Waals surface area (Å²) >= 11 is 0. The zero-order chi connectivity index (χ0) is 22.4. The fourth-order valence-electron chi connectivity index (χ4n) is 3.38. The van der Waals surface area contributed by atoms with Crippen LogP contribution >= 0.6 is 0 Å². The Morgan fingerprint density at radius 2 is 1.45 bits per heavy atom. The van der Waals surface area contributed by atoms with Gasteiger partial charge in [0.2, 0.25) is 10.0 Å². The van der Waals surface area contributed by atoms with E-state index in [0.29, 0.717) is 23.1 Å². The number of rotatable bonds is 9. The first kappa shape index (κ1) is 22.5. The molecular formula is C24H25NO5S. The molecule has 0 fully saturated rings. The van der Waals surface area contributed by atoms with E-state index in [9.17, 15) is 18.3 Å². The molecule has 0 aliphatic carbocycles. The summed E-state index contributed by atoms with van der Waals surface area (Å²) in [4.78, 5) is 10.9. The lowest BCUT2D eigenvalue weighted by Crippen LogP contribution is -2.29. The minimum Gasteiger partial charge on any atom is -0.508 e. The molecule has 0 atom stereocenters. The lowest BCUT2D eigenvalue weighted by Gasteiger charge is -2.21. The molecule has 0 saturated carbocycles. The number of carboxylic acid groups (broad SMARTS) is 1. The van der Waals surface area contributed by atoms with E-state index < -0.39 is 16.0 Å². The molecule has 0 aliphatic rings. The largest absolute Gasteiger partial charge is 0.508 e. The Morgan fingerprint density at radius 1 is 0.839 bits per heavy atom. The third-order valence-corrected chi connectivity index (χ3v) is 6.12. The molecule has 0 aromatic heterocycles. The van der Waals surface area contributed by atoms with Crippen molar-refractivity contribution in [3.05, 3.63) is 101 Å². The summed E-state index contributed by atoms with van der Waals surface area (Å²) in [5, 5.41) is 19.4. The van der Waals surface area contributed by atoms with E-state index in [2.05, 4.69) is 0 Å². The van der Waals surface area contributed by atoms with Crippen LogP contribution in [0.5, 0.6) is 5.75 Å². The standard InChI is InChI=1S/C24H25NO5S/c1-31(29,30)25(16-20-9-5-8-19(12-20)15-24(27)28)17-21-10-11-22(23(26)14-21)13-18-6-3-2-4-7-18/h2-12,14,26H,13,15-17H2,1H3,(H,27,28). The average molecular weight is 440 g/mol. The zero-order valence-corrected chi connectivity index (χ0v) is 18.0. The van der Waals surface area contributed by atoms with Crippen molar-refractivity contribution in [3.63, 3.8) is 0 Å². The van der Waals surface area contributed by atoms with E-state index in [1.54, 1.807) is 30.3 Å². The first-order chi connectivity index (χ1) is 14.7. The molecule has 6 nitrogen and oxygen atoms in total. The molecule has 162 valence electrons. The Balaban J connectivity index is 1.77. The van der Waals surface area contributed by atoms with Crippen LogP contribution in [0.1, 0.15) is 27.8 Å². The number of phenols is 1. The fourth-order valence-corrected chi connectivity index (χ4v) is 4.15. The number of carboxylic acids is 1. The van der Waals surface area contributed by atoms with Crippen LogP contribution in [-0.4, -0.2) is 35.2 Å². The summed E-state index contributed by atoms with van der Waals surface area (Å²) in [6.07, 6.45) is 1.60. The number of phenolic OH excluding ortho intramolecular Hbond substituents is 1. The van der Waals surface area contributed by atoms with E-state index in [-0.39, 0.29) is 25.3 Å². The summed E-state index contributed by atoms with van der Waals surface area (Å²) in [6.45, 7) is 0.208.